The van der Waals surface area contributed by atoms with E-state index < -0.39 is 0 Å². The van der Waals surface area contributed by atoms with Crippen molar-refractivity contribution in [1.82, 2.24) is 0 Å². The Hall–Kier alpha value is -0.601. The molecule has 0 nitrogen and oxygen atoms in total. The van der Waals surface area contributed by atoms with Crippen LogP contribution in [0, 0.1) is 55.4 Å². The van der Waals surface area contributed by atoms with E-state index in [1.807, 2.05) is 22.7 Å². The molecule has 3 heterocycles. The number of hydrogen-bond acceptors (Lipinski definition) is 2. The molecule has 0 saturated carbocycles. The molecule has 0 amide bonds. The zero-order chi connectivity index (χ0) is 17.0. The summed E-state index contributed by atoms with van der Waals surface area (Å²) in [6, 6.07) is 0. The molecular weight excluding hydrogens is 383 g/mol. The quantitative estimate of drug-likeness (QED) is 0.416. The average molecular weight is 408 g/mol. The van der Waals surface area contributed by atoms with Gasteiger partial charge in [0.2, 0.25) is 0 Å². The summed E-state index contributed by atoms with van der Waals surface area (Å²) in [4.78, 5) is 6.02. The Morgan fingerprint density at radius 3 is 1.09 bits per heavy atom. The summed E-state index contributed by atoms with van der Waals surface area (Å²) in [7, 11) is 0. The van der Waals surface area contributed by atoms with E-state index in [0.29, 0.717) is 14.5 Å². The molecule has 3 aromatic heterocycles. The fourth-order valence-corrected chi connectivity index (χ4v) is 8.97. The third kappa shape index (κ3) is 2.62. The Labute approximate surface area is 154 Å². The van der Waals surface area contributed by atoms with Crippen molar-refractivity contribution in [1.29, 1.82) is 0 Å². The zero-order valence-electron chi connectivity index (χ0n) is 15.2. The molecule has 0 aliphatic rings. The number of thiophene rings is 2. The van der Waals surface area contributed by atoms with Crippen LogP contribution in [0.25, 0.3) is 18.6 Å². The van der Waals surface area contributed by atoms with Gasteiger partial charge in [-0.25, -0.2) is 0 Å². The van der Waals surface area contributed by atoms with Gasteiger partial charge in [-0.1, -0.05) is 0 Å². The number of hydrogen-bond donors (Lipinski definition) is 0. The third-order valence-electron chi connectivity index (χ3n) is 5.23. The van der Waals surface area contributed by atoms with Gasteiger partial charge >= 0.3 is 154 Å². The van der Waals surface area contributed by atoms with Gasteiger partial charge in [0, 0.05) is 0 Å². The summed E-state index contributed by atoms with van der Waals surface area (Å²) in [6.07, 6.45) is 0. The van der Waals surface area contributed by atoms with Crippen LogP contribution in [0.3, 0.4) is 0 Å². The van der Waals surface area contributed by atoms with Crippen molar-refractivity contribution in [2.24, 2.45) is 0 Å². The fourth-order valence-electron chi connectivity index (χ4n) is 2.94. The van der Waals surface area contributed by atoms with Crippen LogP contribution in [0.5, 0.6) is 0 Å². The maximum absolute atomic E-state index is 2.33. The Kier molecular flexibility index (Phi) is 4.52. The molecule has 0 aromatic carbocycles. The van der Waals surface area contributed by atoms with Crippen LogP contribution in [0.15, 0.2) is 0 Å². The Morgan fingerprint density at radius 1 is 0.478 bits per heavy atom. The average Bonchev–Trinajstić information content (AvgIpc) is 3.04. The standard InChI is InChI=1S/C20H24S2Se/c1-9-11(3)17(21-15(9)7)19-13(5)14(6)20(23-19)18-12(4)10(2)16(8)22-18/h1-8H3. The van der Waals surface area contributed by atoms with Gasteiger partial charge < -0.3 is 0 Å². The van der Waals surface area contributed by atoms with Crippen LogP contribution in [0.4, 0.5) is 0 Å². The summed E-state index contributed by atoms with van der Waals surface area (Å²) in [5, 5.41) is 0. The summed E-state index contributed by atoms with van der Waals surface area (Å²) in [5.41, 5.74) is 8.98. The molecule has 23 heavy (non-hydrogen) atoms. The molecule has 0 atom stereocenters. The second-order valence-corrected chi connectivity index (χ2v) is 11.1. The maximum atomic E-state index is 2.33. The van der Waals surface area contributed by atoms with E-state index in [-0.39, 0.29) is 0 Å². The molecule has 3 heteroatoms. The second kappa shape index (κ2) is 6.04. The Balaban J connectivity index is 2.23. The first-order chi connectivity index (χ1) is 10.7. The molecular formula is C20H24S2Se. The van der Waals surface area contributed by atoms with Gasteiger partial charge in [-0.3, -0.25) is 0 Å². The van der Waals surface area contributed by atoms with Crippen molar-refractivity contribution in [3.63, 3.8) is 0 Å². The normalized spacial score (nSPS) is 11.5. The van der Waals surface area contributed by atoms with Crippen molar-refractivity contribution >= 4 is 37.2 Å². The fraction of sp³-hybridized carbons (Fsp3) is 0.400. The predicted molar refractivity (Wildman–Crippen MR) is 108 cm³/mol. The molecule has 0 unspecified atom stereocenters. The van der Waals surface area contributed by atoms with Crippen molar-refractivity contribution in [3.05, 3.63) is 43.1 Å². The van der Waals surface area contributed by atoms with Crippen molar-refractivity contribution in [3.8, 4) is 18.6 Å². The molecule has 0 aliphatic heterocycles. The van der Waals surface area contributed by atoms with Crippen LogP contribution in [0.2, 0.25) is 0 Å². The number of rotatable bonds is 2. The van der Waals surface area contributed by atoms with E-state index in [9.17, 15) is 0 Å². The zero-order valence-corrected chi connectivity index (χ0v) is 18.6. The predicted octanol–water partition coefficient (Wildman–Crippen LogP) is 6.67. The van der Waals surface area contributed by atoms with E-state index in [4.69, 9.17) is 0 Å². The minimum absolute atomic E-state index is 0.428. The second-order valence-electron chi connectivity index (χ2n) is 6.49. The molecule has 0 spiro atoms. The van der Waals surface area contributed by atoms with Crippen molar-refractivity contribution in [2.45, 2.75) is 55.4 Å². The molecule has 0 fully saturated rings. The van der Waals surface area contributed by atoms with E-state index >= 15 is 0 Å². The Morgan fingerprint density at radius 2 is 0.826 bits per heavy atom. The first-order valence-electron chi connectivity index (χ1n) is 7.97. The summed E-state index contributed by atoms with van der Waals surface area (Å²) in [6.45, 7) is 18.3. The van der Waals surface area contributed by atoms with Gasteiger partial charge in [0.25, 0.3) is 0 Å². The van der Waals surface area contributed by atoms with Crippen LogP contribution in [-0.4, -0.2) is 14.5 Å². The van der Waals surface area contributed by atoms with E-state index in [1.54, 1.807) is 8.87 Å². The van der Waals surface area contributed by atoms with E-state index in [0.717, 1.165) is 0 Å². The van der Waals surface area contributed by atoms with Gasteiger partial charge in [-0.2, -0.15) is 0 Å². The topological polar surface area (TPSA) is 0 Å². The molecule has 0 aliphatic carbocycles. The van der Waals surface area contributed by atoms with Crippen LogP contribution in [-0.2, 0) is 0 Å². The van der Waals surface area contributed by atoms with Crippen molar-refractivity contribution in [2.75, 3.05) is 0 Å². The Bertz CT molecular complexity index is 830. The summed E-state index contributed by atoms with van der Waals surface area (Å²) in [5.74, 6) is 0. The van der Waals surface area contributed by atoms with Crippen LogP contribution < -0.4 is 0 Å². The third-order valence-corrected chi connectivity index (χ3v) is 11.5. The van der Waals surface area contributed by atoms with Gasteiger partial charge in [-0.15, -0.1) is 0 Å². The monoisotopic (exact) mass is 408 g/mol. The molecule has 0 bridgehead atoms. The van der Waals surface area contributed by atoms with Gasteiger partial charge in [-0.05, 0) is 0 Å². The number of aryl methyl sites for hydroxylation is 2. The van der Waals surface area contributed by atoms with Crippen LogP contribution >= 0.6 is 22.7 Å². The van der Waals surface area contributed by atoms with Gasteiger partial charge in [0.15, 0.2) is 0 Å². The molecule has 122 valence electrons. The molecule has 3 aromatic rings. The SMILES string of the molecule is Cc1sc(-c2[se]c(-c3sc(C)c(C)c3C)c(C)c2C)c(C)c1C. The summed E-state index contributed by atoms with van der Waals surface area (Å²) < 4.78 is 3.23. The minimum atomic E-state index is 0.428. The van der Waals surface area contributed by atoms with Gasteiger partial charge in [0.05, 0.1) is 0 Å². The molecule has 0 radical (unpaired) electrons. The summed E-state index contributed by atoms with van der Waals surface area (Å²) >= 11 is 4.40. The molecule has 3 rings (SSSR count). The van der Waals surface area contributed by atoms with Gasteiger partial charge in [0.1, 0.15) is 0 Å². The first kappa shape index (κ1) is 17.2. The van der Waals surface area contributed by atoms with Crippen LogP contribution in [0.1, 0.15) is 43.1 Å². The van der Waals surface area contributed by atoms with E-state index in [2.05, 4.69) is 55.4 Å². The molecule has 0 N–H and O–H groups in total. The van der Waals surface area contributed by atoms with Crippen molar-refractivity contribution < 1.29 is 0 Å². The molecule has 0 saturated heterocycles. The first-order valence-corrected chi connectivity index (χ1v) is 11.3. The van der Waals surface area contributed by atoms with E-state index in [1.165, 1.54) is 52.9 Å².